The number of rotatable bonds is 6. The first-order valence-corrected chi connectivity index (χ1v) is 12.6. The molecule has 1 heterocycles. The van der Waals surface area contributed by atoms with E-state index in [0.29, 0.717) is 51.9 Å². The van der Waals surface area contributed by atoms with Gasteiger partial charge in [0.1, 0.15) is 0 Å². The summed E-state index contributed by atoms with van der Waals surface area (Å²) in [5, 5.41) is 29.6. The van der Waals surface area contributed by atoms with Gasteiger partial charge in [0, 0.05) is 43.8 Å². The van der Waals surface area contributed by atoms with E-state index in [4.69, 9.17) is 0 Å². The number of carbonyl (C=O) groups excluding carboxylic acids is 2. The lowest BCUT2D eigenvalue weighted by atomic mass is 9.74. The van der Waals surface area contributed by atoms with E-state index in [0.717, 1.165) is 18.5 Å². The molecule has 0 spiro atoms. The molecule has 35 heavy (non-hydrogen) atoms. The van der Waals surface area contributed by atoms with Crippen LogP contribution in [0.5, 0.6) is 0 Å². The van der Waals surface area contributed by atoms with E-state index in [1.807, 2.05) is 30.3 Å². The monoisotopic (exact) mass is 488 g/mol. The van der Waals surface area contributed by atoms with Crippen molar-refractivity contribution in [2.75, 3.05) is 37.7 Å². The predicted molar refractivity (Wildman–Crippen MR) is 128 cm³/mol. The molecule has 10 nitrogen and oxygen atoms in total. The van der Waals surface area contributed by atoms with Crippen LogP contribution in [0.25, 0.3) is 0 Å². The minimum Gasteiger partial charge on any atom is -0.465 e. The van der Waals surface area contributed by atoms with Gasteiger partial charge in [0.15, 0.2) is 0 Å². The second-order valence-corrected chi connectivity index (χ2v) is 10.0. The molecule has 3 aliphatic rings. The summed E-state index contributed by atoms with van der Waals surface area (Å²) < 4.78 is 0. The van der Waals surface area contributed by atoms with E-state index >= 15 is 0 Å². The number of carboxylic acid groups (broad SMARTS) is 1. The number of nitrogens with one attached hydrogen (secondary N) is 1. The molecule has 1 aliphatic heterocycles. The molecule has 3 amide bonds. The van der Waals surface area contributed by atoms with Gasteiger partial charge in [-0.05, 0) is 44.2 Å². The van der Waals surface area contributed by atoms with E-state index in [1.54, 1.807) is 10.4 Å². The lowest BCUT2D eigenvalue weighted by molar-refractivity contribution is -0.149. The molecule has 1 saturated heterocycles. The summed E-state index contributed by atoms with van der Waals surface area (Å²) in [6.07, 6.45) is 2.65. The molecule has 4 rings (SSSR count). The Labute approximate surface area is 205 Å². The number of piperazine rings is 1. The zero-order chi connectivity index (χ0) is 25.0. The average molecular weight is 489 g/mol. The van der Waals surface area contributed by atoms with Crippen LogP contribution in [0.4, 0.5) is 10.5 Å². The van der Waals surface area contributed by atoms with Gasteiger partial charge in [-0.3, -0.25) is 19.7 Å². The van der Waals surface area contributed by atoms with Crippen LogP contribution in [0.3, 0.4) is 0 Å². The van der Waals surface area contributed by atoms with Crippen molar-refractivity contribution in [2.45, 2.75) is 56.5 Å². The topological polar surface area (TPSA) is 134 Å². The normalized spacial score (nSPS) is 26.3. The maximum Gasteiger partial charge on any atom is 0.408 e. The van der Waals surface area contributed by atoms with Crippen molar-refractivity contribution in [3.63, 3.8) is 0 Å². The molecule has 2 saturated carbocycles. The summed E-state index contributed by atoms with van der Waals surface area (Å²) in [5.41, 5.74) is 1.96. The molecule has 1 aromatic carbocycles. The van der Waals surface area contributed by atoms with Crippen molar-refractivity contribution >= 4 is 23.6 Å². The fourth-order valence-corrected chi connectivity index (χ4v) is 6.36. The number of aliphatic hydroxyl groups excluding tert-OH is 1. The molecular weight excluding hydrogens is 452 g/mol. The van der Waals surface area contributed by atoms with Crippen LogP contribution in [0.2, 0.25) is 0 Å². The van der Waals surface area contributed by atoms with Gasteiger partial charge in [0.05, 0.1) is 18.1 Å². The maximum absolute atomic E-state index is 13.5. The SMILES string of the molecule is O=C(NO)C1CC(N(C(=O)O)C2(CO)CCCC2)CC[C@@H]1C(=O)N1CCN(c2ccccc2)CC1. The van der Waals surface area contributed by atoms with Crippen LogP contribution in [-0.4, -0.2) is 87.5 Å². The van der Waals surface area contributed by atoms with Gasteiger partial charge < -0.3 is 20.0 Å². The number of carbonyl (C=O) groups is 3. The molecule has 3 atom stereocenters. The van der Waals surface area contributed by atoms with Crippen LogP contribution < -0.4 is 10.4 Å². The Balaban J connectivity index is 1.46. The number of hydrogen-bond donors (Lipinski definition) is 4. The molecule has 3 fully saturated rings. The Morgan fingerprint density at radius 3 is 2.23 bits per heavy atom. The van der Waals surface area contributed by atoms with Crippen molar-refractivity contribution in [2.24, 2.45) is 11.8 Å². The van der Waals surface area contributed by atoms with Crippen LogP contribution in [0.1, 0.15) is 44.9 Å². The van der Waals surface area contributed by atoms with E-state index in [2.05, 4.69) is 4.90 Å². The highest BCUT2D eigenvalue weighted by atomic mass is 16.5. The molecule has 1 aromatic rings. The fourth-order valence-electron chi connectivity index (χ4n) is 6.36. The first-order chi connectivity index (χ1) is 16.9. The smallest absolute Gasteiger partial charge is 0.408 e. The third-order valence-electron chi connectivity index (χ3n) is 8.21. The number of aliphatic hydroxyl groups is 1. The Kier molecular flexibility index (Phi) is 7.81. The molecule has 2 unspecified atom stereocenters. The van der Waals surface area contributed by atoms with Gasteiger partial charge >= 0.3 is 6.09 Å². The number of nitrogens with zero attached hydrogens (tertiary/aromatic N) is 3. The number of benzene rings is 1. The lowest BCUT2D eigenvalue weighted by Gasteiger charge is -2.47. The first kappa shape index (κ1) is 25.2. The largest absolute Gasteiger partial charge is 0.465 e. The molecule has 0 aromatic heterocycles. The highest BCUT2D eigenvalue weighted by molar-refractivity contribution is 5.87. The average Bonchev–Trinajstić information content (AvgIpc) is 3.38. The maximum atomic E-state index is 13.5. The molecule has 0 radical (unpaired) electrons. The summed E-state index contributed by atoms with van der Waals surface area (Å²) in [4.78, 5) is 43.8. The summed E-state index contributed by atoms with van der Waals surface area (Å²) in [5.74, 6) is -2.24. The van der Waals surface area contributed by atoms with Gasteiger partial charge in [-0.1, -0.05) is 31.0 Å². The van der Waals surface area contributed by atoms with Crippen LogP contribution >= 0.6 is 0 Å². The lowest BCUT2D eigenvalue weighted by Crippen LogP contribution is -2.60. The van der Waals surface area contributed by atoms with Gasteiger partial charge in [-0.2, -0.15) is 0 Å². The third-order valence-corrected chi connectivity index (χ3v) is 8.21. The van der Waals surface area contributed by atoms with Crippen molar-refractivity contribution in [3.8, 4) is 0 Å². The van der Waals surface area contributed by atoms with Crippen LogP contribution in [0.15, 0.2) is 30.3 Å². The number of para-hydroxylation sites is 1. The molecule has 10 heteroatoms. The van der Waals surface area contributed by atoms with E-state index in [-0.39, 0.29) is 18.9 Å². The fraction of sp³-hybridized carbons (Fsp3) is 0.640. The highest BCUT2D eigenvalue weighted by Gasteiger charge is 2.49. The summed E-state index contributed by atoms with van der Waals surface area (Å²) in [6, 6.07) is 9.51. The zero-order valence-electron chi connectivity index (χ0n) is 20.0. The first-order valence-electron chi connectivity index (χ1n) is 12.6. The molecule has 192 valence electrons. The summed E-state index contributed by atoms with van der Waals surface area (Å²) in [7, 11) is 0. The Hall–Kier alpha value is -2.85. The number of anilines is 1. The second kappa shape index (κ2) is 10.8. The second-order valence-electron chi connectivity index (χ2n) is 10.0. The third kappa shape index (κ3) is 5.08. The quantitative estimate of drug-likeness (QED) is 0.355. The minimum absolute atomic E-state index is 0.121. The highest BCUT2D eigenvalue weighted by Crippen LogP contribution is 2.42. The zero-order valence-corrected chi connectivity index (χ0v) is 20.0. The van der Waals surface area contributed by atoms with Crippen LogP contribution in [0, 0.1) is 11.8 Å². The molecular formula is C25H36N4O6. The molecule has 4 N–H and O–H groups in total. The van der Waals surface area contributed by atoms with E-state index < -0.39 is 35.4 Å². The van der Waals surface area contributed by atoms with Gasteiger partial charge in [-0.25, -0.2) is 10.3 Å². The molecule has 2 aliphatic carbocycles. The van der Waals surface area contributed by atoms with E-state index in [9.17, 15) is 29.8 Å². The summed E-state index contributed by atoms with van der Waals surface area (Å²) >= 11 is 0. The van der Waals surface area contributed by atoms with Gasteiger partial charge in [0.25, 0.3) is 0 Å². The van der Waals surface area contributed by atoms with Crippen molar-refractivity contribution in [1.82, 2.24) is 15.3 Å². The minimum atomic E-state index is -1.11. The number of amides is 3. The van der Waals surface area contributed by atoms with Gasteiger partial charge in [0.2, 0.25) is 11.8 Å². The summed E-state index contributed by atoms with van der Waals surface area (Å²) in [6.45, 7) is 2.19. The molecule has 0 bridgehead atoms. The Morgan fingerprint density at radius 2 is 1.66 bits per heavy atom. The Morgan fingerprint density at radius 1 is 1.00 bits per heavy atom. The van der Waals surface area contributed by atoms with Crippen molar-refractivity contribution < 1.29 is 29.8 Å². The standard InChI is InChI=1S/C25H36N4O6/c30-17-25(10-4-5-11-25)29(24(33)34)19-8-9-20(21(16-19)22(31)26-35)23(32)28-14-12-27(13-15-28)18-6-2-1-3-7-18/h1-3,6-7,19-21,30,35H,4-5,8-17H2,(H,26,31)(H,33,34)/t19?,20-,21?/m0/s1. The van der Waals surface area contributed by atoms with Crippen molar-refractivity contribution in [1.29, 1.82) is 0 Å². The predicted octanol–water partition coefficient (Wildman–Crippen LogP) is 1.91. The number of hydroxylamine groups is 1. The number of hydrogen-bond acceptors (Lipinski definition) is 6. The van der Waals surface area contributed by atoms with Gasteiger partial charge in [-0.15, -0.1) is 0 Å². The van der Waals surface area contributed by atoms with Crippen molar-refractivity contribution in [3.05, 3.63) is 30.3 Å². The van der Waals surface area contributed by atoms with E-state index in [1.165, 1.54) is 4.90 Å². The van der Waals surface area contributed by atoms with Crippen LogP contribution in [-0.2, 0) is 9.59 Å². The Bertz CT molecular complexity index is 898.